The molecule has 0 unspecified atom stereocenters. The Morgan fingerprint density at radius 3 is 2.65 bits per heavy atom. The zero-order chi connectivity index (χ0) is 21.8. The van der Waals surface area contributed by atoms with Gasteiger partial charge in [0.2, 0.25) is 0 Å². The Bertz CT molecular complexity index is 915. The number of ether oxygens (including phenoxy) is 1. The Hall–Kier alpha value is -2.35. The number of urea groups is 1. The molecule has 170 valence electrons. The van der Waals surface area contributed by atoms with E-state index in [-0.39, 0.29) is 6.03 Å². The molecule has 4 rings (SSSR count). The van der Waals surface area contributed by atoms with Gasteiger partial charge in [0.15, 0.2) is 5.82 Å². The fourth-order valence-electron chi connectivity index (χ4n) is 4.50. The predicted octanol–water partition coefficient (Wildman–Crippen LogP) is 3.23. The van der Waals surface area contributed by atoms with Gasteiger partial charge >= 0.3 is 6.03 Å². The van der Waals surface area contributed by atoms with Gasteiger partial charge in [-0.15, -0.1) is 0 Å². The smallest absolute Gasteiger partial charge is 0.315 e. The van der Waals surface area contributed by atoms with Gasteiger partial charge in [-0.25, -0.2) is 14.8 Å². The number of aryl methyl sites for hydroxylation is 2. The second-order valence-corrected chi connectivity index (χ2v) is 9.08. The van der Waals surface area contributed by atoms with Gasteiger partial charge < -0.3 is 25.7 Å². The first-order valence-electron chi connectivity index (χ1n) is 11.8. The Morgan fingerprint density at radius 1 is 1.13 bits per heavy atom. The standard InChI is InChI=1S/C23H36N6O2/c1-15-16(2)26-22(24)20-21(15)29(19(28-20)14-17-8-9-17)11-13-31-12-10-25-23(30)27-18-6-4-3-5-7-18/h17-18H,3-14H2,1-2H3,(H2,24,26)(H2,25,27,30). The number of nitrogens with two attached hydrogens (primary N) is 1. The van der Waals surface area contributed by atoms with Gasteiger partial charge in [0, 0.05) is 31.2 Å². The molecule has 0 atom stereocenters. The zero-order valence-corrected chi connectivity index (χ0v) is 18.9. The van der Waals surface area contributed by atoms with E-state index in [4.69, 9.17) is 15.5 Å². The minimum absolute atomic E-state index is 0.0862. The van der Waals surface area contributed by atoms with Crippen LogP contribution in [0.15, 0.2) is 0 Å². The Kier molecular flexibility index (Phi) is 6.95. The largest absolute Gasteiger partial charge is 0.382 e. The Labute approximate surface area is 184 Å². The fraction of sp³-hybridized carbons (Fsp3) is 0.696. The van der Waals surface area contributed by atoms with Crippen molar-refractivity contribution in [2.24, 2.45) is 5.92 Å². The quantitative estimate of drug-likeness (QED) is 0.532. The van der Waals surface area contributed by atoms with Crippen molar-refractivity contribution in [1.82, 2.24) is 25.2 Å². The highest BCUT2D eigenvalue weighted by molar-refractivity contribution is 5.88. The van der Waals surface area contributed by atoms with Crippen molar-refractivity contribution in [3.63, 3.8) is 0 Å². The van der Waals surface area contributed by atoms with Crippen LogP contribution in [0.4, 0.5) is 10.6 Å². The summed E-state index contributed by atoms with van der Waals surface area (Å²) < 4.78 is 8.10. The van der Waals surface area contributed by atoms with Gasteiger partial charge in [0.05, 0.1) is 18.7 Å². The van der Waals surface area contributed by atoms with Crippen molar-refractivity contribution in [2.45, 2.75) is 77.8 Å². The van der Waals surface area contributed by atoms with Crippen LogP contribution < -0.4 is 16.4 Å². The van der Waals surface area contributed by atoms with Crippen molar-refractivity contribution >= 4 is 22.9 Å². The van der Waals surface area contributed by atoms with E-state index in [0.717, 1.165) is 59.8 Å². The SMILES string of the molecule is Cc1nc(N)c2nc(CC3CC3)n(CCOCCNC(=O)NC3CCCCC3)c2c1C. The number of hydrogen-bond donors (Lipinski definition) is 3. The number of hydrogen-bond acceptors (Lipinski definition) is 5. The maximum absolute atomic E-state index is 12.0. The number of rotatable bonds is 9. The summed E-state index contributed by atoms with van der Waals surface area (Å²) in [6.07, 6.45) is 9.41. The van der Waals surface area contributed by atoms with Crippen LogP contribution in [-0.2, 0) is 17.7 Å². The lowest BCUT2D eigenvalue weighted by Crippen LogP contribution is -2.43. The molecule has 2 aliphatic carbocycles. The minimum atomic E-state index is -0.0862. The summed E-state index contributed by atoms with van der Waals surface area (Å²) in [4.78, 5) is 21.3. The summed E-state index contributed by atoms with van der Waals surface area (Å²) in [5.74, 6) is 2.32. The number of nitrogens with one attached hydrogen (secondary N) is 2. The molecule has 2 amide bonds. The molecule has 0 saturated heterocycles. The number of carbonyl (C=O) groups is 1. The number of imidazole rings is 1. The molecular formula is C23H36N6O2. The maximum Gasteiger partial charge on any atom is 0.315 e. The van der Waals surface area contributed by atoms with E-state index in [0.29, 0.717) is 31.6 Å². The number of nitrogen functional groups attached to an aromatic ring is 1. The molecule has 0 spiro atoms. The van der Waals surface area contributed by atoms with E-state index < -0.39 is 0 Å². The van der Waals surface area contributed by atoms with Gasteiger partial charge in [0.1, 0.15) is 11.3 Å². The molecule has 2 saturated carbocycles. The minimum Gasteiger partial charge on any atom is -0.382 e. The summed E-state index contributed by atoms with van der Waals surface area (Å²) in [7, 11) is 0. The number of pyridine rings is 1. The Morgan fingerprint density at radius 2 is 1.90 bits per heavy atom. The molecule has 2 heterocycles. The molecule has 0 radical (unpaired) electrons. The van der Waals surface area contributed by atoms with Gasteiger partial charge in [-0.3, -0.25) is 0 Å². The monoisotopic (exact) mass is 428 g/mol. The average molecular weight is 429 g/mol. The predicted molar refractivity (Wildman–Crippen MR) is 122 cm³/mol. The third kappa shape index (κ3) is 5.47. The van der Waals surface area contributed by atoms with E-state index in [1.54, 1.807) is 0 Å². The first-order chi connectivity index (χ1) is 15.0. The topological polar surface area (TPSA) is 107 Å². The number of fused-ring (bicyclic) bond motifs is 1. The zero-order valence-electron chi connectivity index (χ0n) is 18.9. The van der Waals surface area contributed by atoms with E-state index in [9.17, 15) is 4.79 Å². The number of anilines is 1. The lowest BCUT2D eigenvalue weighted by atomic mass is 9.96. The van der Waals surface area contributed by atoms with Crippen LogP contribution in [-0.4, -0.2) is 46.4 Å². The molecule has 4 N–H and O–H groups in total. The van der Waals surface area contributed by atoms with Crippen LogP contribution >= 0.6 is 0 Å². The van der Waals surface area contributed by atoms with Gasteiger partial charge in [0.25, 0.3) is 0 Å². The summed E-state index contributed by atoms with van der Waals surface area (Å²) in [5.41, 5.74) is 10.1. The third-order valence-corrected chi connectivity index (χ3v) is 6.58. The number of amides is 2. The molecule has 0 aliphatic heterocycles. The van der Waals surface area contributed by atoms with E-state index in [1.165, 1.54) is 32.1 Å². The average Bonchev–Trinajstić information content (AvgIpc) is 3.49. The maximum atomic E-state index is 12.0. The van der Waals surface area contributed by atoms with Crippen LogP contribution in [0, 0.1) is 19.8 Å². The highest BCUT2D eigenvalue weighted by atomic mass is 16.5. The first kappa shape index (κ1) is 21.9. The van der Waals surface area contributed by atoms with Crippen molar-refractivity contribution < 1.29 is 9.53 Å². The summed E-state index contributed by atoms with van der Waals surface area (Å²) >= 11 is 0. The second-order valence-electron chi connectivity index (χ2n) is 9.08. The van der Waals surface area contributed by atoms with Gasteiger partial charge in [-0.1, -0.05) is 19.3 Å². The normalized spacial score (nSPS) is 17.2. The number of carbonyl (C=O) groups excluding carboxylic acids is 1. The number of nitrogens with zero attached hydrogens (tertiary/aromatic N) is 3. The van der Waals surface area contributed by atoms with E-state index >= 15 is 0 Å². The third-order valence-electron chi connectivity index (χ3n) is 6.58. The lowest BCUT2D eigenvalue weighted by Gasteiger charge is -2.22. The molecule has 0 aromatic carbocycles. The van der Waals surface area contributed by atoms with Crippen LogP contribution in [0.2, 0.25) is 0 Å². The highest BCUT2D eigenvalue weighted by Crippen LogP contribution is 2.34. The first-order valence-corrected chi connectivity index (χ1v) is 11.8. The molecule has 2 aliphatic rings. The lowest BCUT2D eigenvalue weighted by molar-refractivity contribution is 0.128. The summed E-state index contributed by atoms with van der Waals surface area (Å²) in [6, 6.07) is 0.236. The van der Waals surface area contributed by atoms with Crippen molar-refractivity contribution in [3.05, 3.63) is 17.1 Å². The summed E-state index contributed by atoms with van der Waals surface area (Å²) in [5, 5.41) is 5.97. The van der Waals surface area contributed by atoms with Crippen LogP contribution in [0.1, 0.15) is 62.0 Å². The van der Waals surface area contributed by atoms with Crippen molar-refractivity contribution in [1.29, 1.82) is 0 Å². The molecule has 8 heteroatoms. The molecule has 31 heavy (non-hydrogen) atoms. The second kappa shape index (κ2) is 9.85. The van der Waals surface area contributed by atoms with Crippen molar-refractivity contribution in [2.75, 3.05) is 25.5 Å². The van der Waals surface area contributed by atoms with E-state index in [1.807, 2.05) is 6.92 Å². The molecular weight excluding hydrogens is 392 g/mol. The molecule has 8 nitrogen and oxygen atoms in total. The van der Waals surface area contributed by atoms with Gasteiger partial charge in [-0.2, -0.15) is 0 Å². The van der Waals surface area contributed by atoms with Crippen molar-refractivity contribution in [3.8, 4) is 0 Å². The summed E-state index contributed by atoms with van der Waals surface area (Å²) in [6.45, 7) is 6.35. The molecule has 2 fully saturated rings. The molecule has 0 bridgehead atoms. The van der Waals surface area contributed by atoms with Crippen LogP contribution in [0.3, 0.4) is 0 Å². The van der Waals surface area contributed by atoms with E-state index in [2.05, 4.69) is 27.1 Å². The molecule has 2 aromatic rings. The molecule has 2 aromatic heterocycles. The fourth-order valence-corrected chi connectivity index (χ4v) is 4.50. The van der Waals surface area contributed by atoms with Gasteiger partial charge in [-0.05, 0) is 51.0 Å². The highest BCUT2D eigenvalue weighted by Gasteiger charge is 2.26. The van der Waals surface area contributed by atoms with Crippen LogP contribution in [0.25, 0.3) is 11.0 Å². The van der Waals surface area contributed by atoms with Crippen LogP contribution in [0.5, 0.6) is 0 Å². The Balaban J connectivity index is 1.28. The number of aromatic nitrogens is 3.